The molecule has 3 aromatic heterocycles. The number of fused-ring (bicyclic) bond motifs is 1. The molecule has 0 aliphatic carbocycles. The Hall–Kier alpha value is -4.67. The SMILES string of the molecule is CCOc1nc2cccc(C(=O)OC(C)OC(=O)OCc3nc(C)c(C)nc3C)c2n1Cc1ccc(-c2ccccc2-c2noc(=O)[n-]2)cc1.[K+]. The Labute approximate surface area is 334 Å². The van der Waals surface area contributed by atoms with Crippen molar-refractivity contribution in [3.63, 3.8) is 0 Å². The minimum atomic E-state index is -1.26. The van der Waals surface area contributed by atoms with Gasteiger partial charge in [0.1, 0.15) is 6.61 Å². The van der Waals surface area contributed by atoms with Gasteiger partial charge in [0.05, 0.1) is 52.5 Å². The third-order valence-electron chi connectivity index (χ3n) is 7.85. The Balaban J connectivity index is 0.00000504. The second-order valence-electron chi connectivity index (χ2n) is 11.3. The predicted octanol–water partition coefficient (Wildman–Crippen LogP) is 2.70. The van der Waals surface area contributed by atoms with Crippen LogP contribution in [0.4, 0.5) is 4.79 Å². The van der Waals surface area contributed by atoms with E-state index in [9.17, 15) is 14.4 Å². The van der Waals surface area contributed by atoms with Gasteiger partial charge >= 0.3 is 69.3 Å². The van der Waals surface area contributed by atoms with Crippen LogP contribution in [0.1, 0.15) is 52.5 Å². The molecule has 1 unspecified atom stereocenters. The molecule has 0 N–H and O–H groups in total. The summed E-state index contributed by atoms with van der Waals surface area (Å²) in [4.78, 5) is 54.7. The van der Waals surface area contributed by atoms with E-state index in [-0.39, 0.29) is 69.4 Å². The van der Waals surface area contributed by atoms with E-state index >= 15 is 0 Å². The van der Waals surface area contributed by atoms with E-state index in [0.717, 1.165) is 28.1 Å². The fraction of sp³-hybridized carbons (Fsp3) is 0.250. The number of imidazole rings is 1. The van der Waals surface area contributed by atoms with E-state index in [4.69, 9.17) is 18.9 Å². The summed E-state index contributed by atoms with van der Waals surface area (Å²) >= 11 is 0. The van der Waals surface area contributed by atoms with E-state index in [1.54, 1.807) is 29.7 Å². The zero-order valence-corrected chi connectivity index (χ0v) is 32.1. The number of carbonyl (C=O) groups excluding carboxylic acids is 2. The number of hydrogen-bond donors (Lipinski definition) is 0. The molecule has 0 aliphatic rings. The Kier molecular flexibility index (Phi) is 12.2. The Morgan fingerprint density at radius 3 is 2.31 bits per heavy atom. The molecule has 0 spiro atoms. The number of para-hydroxylation sites is 1. The van der Waals surface area contributed by atoms with Gasteiger partial charge in [-0.05, 0) is 67.9 Å². The van der Waals surface area contributed by atoms with Gasteiger partial charge in [-0.2, -0.15) is 4.98 Å². The average molecular weight is 717 g/mol. The summed E-state index contributed by atoms with van der Waals surface area (Å²) in [5, 5.41) is 3.78. The van der Waals surface area contributed by atoms with E-state index in [1.807, 2.05) is 69.3 Å². The van der Waals surface area contributed by atoms with Crippen molar-refractivity contribution in [2.75, 3.05) is 6.61 Å². The van der Waals surface area contributed by atoms with E-state index in [1.165, 1.54) is 6.92 Å². The number of esters is 1. The van der Waals surface area contributed by atoms with Crippen molar-refractivity contribution < 1.29 is 84.4 Å². The summed E-state index contributed by atoms with van der Waals surface area (Å²) in [6, 6.07) is 20.6. The van der Waals surface area contributed by atoms with Crippen LogP contribution < -0.4 is 66.9 Å². The molecule has 6 aromatic rings. The van der Waals surface area contributed by atoms with Crippen molar-refractivity contribution in [2.24, 2.45) is 0 Å². The van der Waals surface area contributed by atoms with E-state index < -0.39 is 24.2 Å². The molecule has 0 amide bonds. The summed E-state index contributed by atoms with van der Waals surface area (Å²) in [5.74, 6) is -1.28. The van der Waals surface area contributed by atoms with Crippen LogP contribution in [-0.2, 0) is 27.4 Å². The number of rotatable bonds is 11. The standard InChI is InChI=1S/C36H34N6O8.K/c1-6-46-34-39-29-13-9-12-28(33(43)48-23(5)49-36(45)47-19-30-22(4)37-20(2)21(3)38-30)31(29)42(34)18-24-14-16-25(17-15-24)26-10-7-8-11-27(26)32-40-35(44)50-41-32;/h7-17,23H,6,18-19H2,1-5H3,(H,40,41,44);/q;+1/p-1. The summed E-state index contributed by atoms with van der Waals surface area (Å²) in [6.45, 7) is 9.21. The van der Waals surface area contributed by atoms with Gasteiger partial charge in [-0.3, -0.25) is 19.7 Å². The molecule has 3 aromatic carbocycles. The van der Waals surface area contributed by atoms with Gasteiger partial charge in [0.15, 0.2) is 0 Å². The third kappa shape index (κ3) is 8.62. The molecule has 0 saturated heterocycles. The molecule has 15 heteroatoms. The van der Waals surface area contributed by atoms with Gasteiger partial charge in [-0.15, -0.1) is 0 Å². The second kappa shape index (κ2) is 16.6. The first kappa shape index (κ1) is 37.6. The van der Waals surface area contributed by atoms with Gasteiger partial charge in [-0.25, -0.2) is 14.4 Å². The molecular weight excluding hydrogens is 684 g/mol. The van der Waals surface area contributed by atoms with Gasteiger partial charge in [0, 0.05) is 6.92 Å². The Morgan fingerprint density at radius 1 is 0.882 bits per heavy atom. The van der Waals surface area contributed by atoms with Crippen LogP contribution in [-0.4, -0.2) is 49.7 Å². The van der Waals surface area contributed by atoms with Crippen LogP contribution in [0.25, 0.3) is 33.5 Å². The predicted molar refractivity (Wildman–Crippen MR) is 179 cm³/mol. The van der Waals surface area contributed by atoms with Crippen molar-refractivity contribution >= 4 is 23.2 Å². The second-order valence-corrected chi connectivity index (χ2v) is 11.3. The number of nitrogens with zero attached hydrogens (tertiary/aromatic N) is 6. The molecule has 0 radical (unpaired) electrons. The first-order valence-electron chi connectivity index (χ1n) is 15.8. The van der Waals surface area contributed by atoms with Crippen LogP contribution in [0.15, 0.2) is 76.0 Å². The van der Waals surface area contributed by atoms with Gasteiger partial charge in [0.25, 0.3) is 6.01 Å². The molecule has 0 aliphatic heterocycles. The zero-order valence-electron chi connectivity index (χ0n) is 29.0. The summed E-state index contributed by atoms with van der Waals surface area (Å²) in [6.07, 6.45) is -2.28. The van der Waals surface area contributed by atoms with Crippen LogP contribution >= 0.6 is 0 Å². The maximum atomic E-state index is 13.5. The minimum Gasteiger partial charge on any atom is -0.465 e. The van der Waals surface area contributed by atoms with Gasteiger partial charge in [-0.1, -0.05) is 54.6 Å². The normalized spacial score (nSPS) is 11.5. The van der Waals surface area contributed by atoms with Gasteiger partial charge < -0.3 is 28.5 Å². The molecule has 0 saturated carbocycles. The fourth-order valence-corrected chi connectivity index (χ4v) is 5.37. The van der Waals surface area contributed by atoms with Gasteiger partial charge in [0.2, 0.25) is 6.29 Å². The fourth-order valence-electron chi connectivity index (χ4n) is 5.37. The largest absolute Gasteiger partial charge is 1.00 e. The number of benzene rings is 3. The van der Waals surface area contributed by atoms with E-state index in [2.05, 4.69) is 29.6 Å². The smallest absolute Gasteiger partial charge is 0.465 e. The van der Waals surface area contributed by atoms with Crippen LogP contribution in [0.5, 0.6) is 6.01 Å². The maximum Gasteiger partial charge on any atom is 1.00 e. The average Bonchev–Trinajstić information content (AvgIpc) is 3.69. The zero-order chi connectivity index (χ0) is 35.4. The molecule has 3 heterocycles. The summed E-state index contributed by atoms with van der Waals surface area (Å²) in [5.41, 5.74) is 7.10. The first-order chi connectivity index (χ1) is 24.1. The quantitative estimate of drug-likeness (QED) is 0.109. The molecule has 51 heavy (non-hydrogen) atoms. The number of ether oxygens (including phenoxy) is 4. The van der Waals surface area contributed by atoms with Crippen molar-refractivity contribution in [1.82, 2.24) is 29.7 Å². The number of aryl methyl sites for hydroxylation is 3. The van der Waals surface area contributed by atoms with Crippen LogP contribution in [0, 0.1) is 20.8 Å². The first-order valence-corrected chi connectivity index (χ1v) is 15.8. The maximum absolute atomic E-state index is 13.5. The summed E-state index contributed by atoms with van der Waals surface area (Å²) < 4.78 is 28.2. The Morgan fingerprint density at radius 2 is 1.61 bits per heavy atom. The molecule has 14 nitrogen and oxygen atoms in total. The molecule has 0 fully saturated rings. The van der Waals surface area contributed by atoms with Crippen molar-refractivity contribution in [3.8, 4) is 28.5 Å². The molecule has 1 atom stereocenters. The van der Waals surface area contributed by atoms with Crippen molar-refractivity contribution in [1.29, 1.82) is 0 Å². The topological polar surface area (TPSA) is 172 Å². The molecule has 0 bridgehead atoms. The number of hydrogen-bond acceptors (Lipinski definition) is 12. The van der Waals surface area contributed by atoms with Crippen molar-refractivity contribution in [2.45, 2.75) is 54.1 Å². The molecule has 256 valence electrons. The monoisotopic (exact) mass is 716 g/mol. The summed E-state index contributed by atoms with van der Waals surface area (Å²) in [7, 11) is 0. The molecular formula is C36H33KN6O8. The third-order valence-corrected chi connectivity index (χ3v) is 7.85. The van der Waals surface area contributed by atoms with Crippen LogP contribution in [0.3, 0.4) is 0 Å². The van der Waals surface area contributed by atoms with E-state index in [0.29, 0.717) is 47.1 Å². The van der Waals surface area contributed by atoms with Crippen LogP contribution in [0.2, 0.25) is 0 Å². The minimum absolute atomic E-state index is 0. The Bertz CT molecular complexity index is 2250. The number of carbonyl (C=O) groups is 2. The molecule has 6 rings (SSSR count). The number of aromatic nitrogens is 6. The van der Waals surface area contributed by atoms with Crippen molar-refractivity contribution in [3.05, 3.63) is 111 Å².